The van der Waals surface area contributed by atoms with Crippen LogP contribution in [-0.4, -0.2) is 48.2 Å². The molecule has 2 N–H and O–H groups in total. The number of hydrogen-bond donors (Lipinski definition) is 2. The van der Waals surface area contributed by atoms with Crippen LogP contribution >= 0.6 is 0 Å². The fourth-order valence-electron chi connectivity index (χ4n) is 1.83. The van der Waals surface area contributed by atoms with Crippen molar-refractivity contribution < 1.29 is 24.4 Å². The van der Waals surface area contributed by atoms with E-state index in [0.717, 1.165) is 13.0 Å². The molecule has 0 aliphatic carbocycles. The number of aliphatic hydroxyl groups is 2. The fourth-order valence-corrected chi connectivity index (χ4v) is 1.83. The topological polar surface area (TPSA) is 68.2 Å². The Kier molecular flexibility index (Phi) is 15.0. The molecule has 0 aromatic heterocycles. The number of rotatable bonds is 2. The van der Waals surface area contributed by atoms with Gasteiger partial charge in [0.15, 0.2) is 12.6 Å². The average molecular weight is 302 g/mol. The molecule has 1 unspecified atom stereocenters. The van der Waals surface area contributed by atoms with Crippen molar-refractivity contribution in [2.24, 2.45) is 5.92 Å². The van der Waals surface area contributed by atoms with Gasteiger partial charge in [0.2, 0.25) is 0 Å². The van der Waals surface area contributed by atoms with E-state index in [2.05, 4.69) is 39.9 Å². The average Bonchev–Trinajstić information content (AvgIpc) is 2.92. The molecular weight excluding hydrogens is 272 g/mol. The normalized spacial score (nSPS) is 29.7. The minimum Gasteiger partial charge on any atom is -0.373 e. The summed E-state index contributed by atoms with van der Waals surface area (Å²) in [6.07, 6.45) is 8.67. The lowest BCUT2D eigenvalue weighted by molar-refractivity contribution is -0.243. The Morgan fingerprint density at radius 1 is 1.14 bits per heavy atom. The van der Waals surface area contributed by atoms with Crippen molar-refractivity contribution in [2.45, 2.75) is 58.4 Å². The van der Waals surface area contributed by atoms with Crippen LogP contribution in [0, 0.1) is 18.8 Å². The van der Waals surface area contributed by atoms with Gasteiger partial charge in [0, 0.05) is 5.92 Å². The highest BCUT2D eigenvalue weighted by Crippen LogP contribution is 2.29. The van der Waals surface area contributed by atoms with Gasteiger partial charge in [-0.1, -0.05) is 20.8 Å². The van der Waals surface area contributed by atoms with E-state index in [1.807, 2.05) is 0 Å². The molecule has 124 valence electrons. The summed E-state index contributed by atoms with van der Waals surface area (Å²) in [7, 11) is 0. The molecule has 0 bridgehead atoms. The Balaban J connectivity index is 0. The molecule has 0 saturated carbocycles. The number of ether oxygens (including phenoxy) is 3. The summed E-state index contributed by atoms with van der Waals surface area (Å²) in [5.74, 6) is 0.521. The highest BCUT2D eigenvalue weighted by molar-refractivity contribution is 4.84. The Labute approximate surface area is 128 Å². The molecule has 0 aromatic rings. The summed E-state index contributed by atoms with van der Waals surface area (Å²) in [5, 5.41) is 15.8. The van der Waals surface area contributed by atoms with E-state index in [0.29, 0.717) is 18.9 Å². The van der Waals surface area contributed by atoms with E-state index in [1.165, 1.54) is 0 Å². The molecule has 0 amide bonds. The van der Waals surface area contributed by atoms with Crippen LogP contribution in [0.4, 0.5) is 0 Å². The third-order valence-electron chi connectivity index (χ3n) is 2.95. The maximum absolute atomic E-state index is 7.92. The lowest BCUT2D eigenvalue weighted by atomic mass is 10.0. The Hall–Kier alpha value is -0.900. The largest absolute Gasteiger partial charge is 0.373 e. The van der Waals surface area contributed by atoms with E-state index in [1.54, 1.807) is 6.92 Å². The van der Waals surface area contributed by atoms with Crippen LogP contribution in [-0.2, 0) is 14.2 Å². The quantitative estimate of drug-likeness (QED) is 0.463. The molecular formula is C16H30O5. The second-order valence-electron chi connectivity index (χ2n) is 4.51. The first-order valence-corrected chi connectivity index (χ1v) is 7.16. The van der Waals surface area contributed by atoms with Gasteiger partial charge < -0.3 is 24.4 Å². The zero-order chi connectivity index (χ0) is 16.8. The van der Waals surface area contributed by atoms with Crippen molar-refractivity contribution in [3.8, 4) is 12.8 Å². The maximum Gasteiger partial charge on any atom is 0.157 e. The summed E-state index contributed by atoms with van der Waals surface area (Å²) in [5.41, 5.74) is 0. The van der Waals surface area contributed by atoms with Gasteiger partial charge in [0.05, 0.1) is 19.3 Å². The lowest BCUT2D eigenvalue weighted by Gasteiger charge is -2.32. The third-order valence-corrected chi connectivity index (χ3v) is 2.95. The molecule has 4 atom stereocenters. The first-order valence-electron chi connectivity index (χ1n) is 7.16. The van der Waals surface area contributed by atoms with Crippen LogP contribution in [0.5, 0.6) is 0 Å². The molecule has 2 rings (SSSR count). The Morgan fingerprint density at radius 2 is 1.67 bits per heavy atom. The third kappa shape index (κ3) is 8.86. The summed E-state index contributed by atoms with van der Waals surface area (Å²) in [6, 6.07) is 0. The molecule has 21 heavy (non-hydrogen) atoms. The van der Waals surface area contributed by atoms with Gasteiger partial charge in [-0.05, 0) is 12.8 Å². The van der Waals surface area contributed by atoms with E-state index in [4.69, 9.17) is 24.4 Å². The van der Waals surface area contributed by atoms with Gasteiger partial charge >= 0.3 is 0 Å². The minimum atomic E-state index is -1.12. The maximum atomic E-state index is 7.92. The van der Waals surface area contributed by atoms with Gasteiger partial charge in [0.25, 0.3) is 0 Å². The molecule has 2 aliphatic heterocycles. The predicted octanol–water partition coefficient (Wildman–Crippen LogP) is 1.93. The molecule has 0 radical (unpaired) electrons. The fraction of sp³-hybridized carbons (Fsp3) is 0.750. The zero-order valence-corrected chi connectivity index (χ0v) is 13.4. The Bertz CT molecular complexity index is 254. The van der Waals surface area contributed by atoms with E-state index in [-0.39, 0.29) is 18.5 Å². The van der Waals surface area contributed by atoms with Crippen LogP contribution in [0.15, 0.2) is 13.2 Å². The molecule has 2 fully saturated rings. The summed E-state index contributed by atoms with van der Waals surface area (Å²) < 4.78 is 16.7. The highest BCUT2D eigenvalue weighted by Gasteiger charge is 2.40. The second-order valence-corrected chi connectivity index (χ2v) is 4.51. The SMILES string of the molecule is C#C.C=C.CCC(O)O.CCC1OC[C@H]2OC[C@H](C)[C@H]2O1. The van der Waals surface area contributed by atoms with Gasteiger partial charge in [0.1, 0.15) is 6.10 Å². The molecule has 0 spiro atoms. The number of aliphatic hydroxyl groups excluding tert-OH is 1. The van der Waals surface area contributed by atoms with Gasteiger partial charge in [-0.25, -0.2) is 0 Å². The van der Waals surface area contributed by atoms with Crippen LogP contribution in [0.1, 0.15) is 33.6 Å². The molecule has 2 aliphatic rings. The summed E-state index contributed by atoms with van der Waals surface area (Å²) >= 11 is 0. The number of terminal acetylenes is 1. The first-order chi connectivity index (χ1) is 10.1. The molecule has 5 nitrogen and oxygen atoms in total. The van der Waals surface area contributed by atoms with Crippen LogP contribution in [0.3, 0.4) is 0 Å². The first kappa shape index (κ1) is 22.4. The van der Waals surface area contributed by atoms with Crippen molar-refractivity contribution in [3.63, 3.8) is 0 Å². The molecule has 2 heterocycles. The van der Waals surface area contributed by atoms with Gasteiger partial charge in [-0.3, -0.25) is 0 Å². The van der Waals surface area contributed by atoms with Crippen LogP contribution < -0.4 is 0 Å². The Morgan fingerprint density at radius 3 is 2.10 bits per heavy atom. The summed E-state index contributed by atoms with van der Waals surface area (Å²) in [4.78, 5) is 0. The van der Waals surface area contributed by atoms with Crippen molar-refractivity contribution in [1.29, 1.82) is 0 Å². The van der Waals surface area contributed by atoms with E-state index < -0.39 is 6.29 Å². The predicted molar refractivity (Wildman–Crippen MR) is 83.5 cm³/mol. The van der Waals surface area contributed by atoms with E-state index >= 15 is 0 Å². The molecule has 5 heteroatoms. The number of hydrogen-bond acceptors (Lipinski definition) is 5. The molecule has 0 aromatic carbocycles. The highest BCUT2D eigenvalue weighted by atomic mass is 16.7. The number of fused-ring (bicyclic) bond motifs is 1. The van der Waals surface area contributed by atoms with Crippen LogP contribution in [0.25, 0.3) is 0 Å². The van der Waals surface area contributed by atoms with Crippen molar-refractivity contribution in [2.75, 3.05) is 13.2 Å². The van der Waals surface area contributed by atoms with Gasteiger partial charge in [-0.2, -0.15) is 0 Å². The lowest BCUT2D eigenvalue weighted by Crippen LogP contribution is -2.42. The monoisotopic (exact) mass is 302 g/mol. The second kappa shape index (κ2) is 14.1. The van der Waals surface area contributed by atoms with Gasteiger partial charge in [-0.15, -0.1) is 26.0 Å². The zero-order valence-electron chi connectivity index (χ0n) is 13.4. The molecule has 2 saturated heterocycles. The van der Waals surface area contributed by atoms with Crippen molar-refractivity contribution in [3.05, 3.63) is 13.2 Å². The summed E-state index contributed by atoms with van der Waals surface area (Å²) in [6.45, 7) is 13.5. The van der Waals surface area contributed by atoms with Crippen LogP contribution in [0.2, 0.25) is 0 Å². The smallest absolute Gasteiger partial charge is 0.157 e. The van der Waals surface area contributed by atoms with Crippen molar-refractivity contribution >= 4 is 0 Å². The van der Waals surface area contributed by atoms with Crippen molar-refractivity contribution in [1.82, 2.24) is 0 Å². The minimum absolute atomic E-state index is 0.00426. The van der Waals surface area contributed by atoms with E-state index in [9.17, 15) is 0 Å². The standard InChI is InChI=1S/C9H16O3.C3H8O2.C2H4.C2H2/c1-3-8-11-5-7-9(12-8)6(2)4-10-7;1-2-3(4)5;2*1-2/h6-9H,3-5H2,1-2H3;3-5H,2H2,1H3;1-2H2;1-2H/t6-,7+,8?,9+;;;/m0.../s1.